The van der Waals surface area contributed by atoms with Crippen LogP contribution in [-0.2, 0) is 9.31 Å². The van der Waals surface area contributed by atoms with Gasteiger partial charge < -0.3 is 9.31 Å². The Hall–Kier alpha value is -1.30. The van der Waals surface area contributed by atoms with Gasteiger partial charge in [-0.3, -0.25) is 4.68 Å². The van der Waals surface area contributed by atoms with E-state index in [9.17, 15) is 0 Å². The number of hydrogen-bond acceptors (Lipinski definition) is 3. The van der Waals surface area contributed by atoms with Gasteiger partial charge in [0.05, 0.1) is 17.2 Å². The standard InChI is InChI=1S/C17H22BClN2O2/c1-12(14-8-6-7-9-15(14)19)21-11-13(10-20-21)18-22-16(2,3)17(4,5)23-18/h6-12H,1-5H3/t12-/m1/s1. The van der Waals surface area contributed by atoms with E-state index in [-0.39, 0.29) is 17.2 Å². The summed E-state index contributed by atoms with van der Waals surface area (Å²) >= 11 is 6.29. The molecule has 0 amide bonds. The van der Waals surface area contributed by atoms with Gasteiger partial charge in [-0.15, -0.1) is 0 Å². The van der Waals surface area contributed by atoms with E-state index in [4.69, 9.17) is 20.9 Å². The maximum atomic E-state index is 6.29. The van der Waals surface area contributed by atoms with Gasteiger partial charge in [-0.25, -0.2) is 0 Å². The first kappa shape index (κ1) is 16.6. The van der Waals surface area contributed by atoms with E-state index in [1.165, 1.54) is 0 Å². The summed E-state index contributed by atoms with van der Waals surface area (Å²) in [4.78, 5) is 0. The summed E-state index contributed by atoms with van der Waals surface area (Å²) in [7, 11) is -0.396. The maximum absolute atomic E-state index is 6.29. The van der Waals surface area contributed by atoms with Crippen LogP contribution in [0.3, 0.4) is 0 Å². The molecule has 1 aromatic heterocycles. The van der Waals surface area contributed by atoms with Crippen LogP contribution in [0, 0.1) is 0 Å². The topological polar surface area (TPSA) is 36.3 Å². The van der Waals surface area contributed by atoms with Gasteiger partial charge in [0.15, 0.2) is 0 Å². The lowest BCUT2D eigenvalue weighted by Gasteiger charge is -2.32. The van der Waals surface area contributed by atoms with E-state index in [1.54, 1.807) is 6.20 Å². The van der Waals surface area contributed by atoms with Crippen molar-refractivity contribution in [1.29, 1.82) is 0 Å². The largest absolute Gasteiger partial charge is 0.498 e. The molecule has 1 atom stereocenters. The number of nitrogens with zero attached hydrogens (tertiary/aromatic N) is 2. The van der Waals surface area contributed by atoms with Crippen molar-refractivity contribution >= 4 is 24.2 Å². The molecular formula is C17H22BClN2O2. The van der Waals surface area contributed by atoms with Crippen LogP contribution in [0.1, 0.15) is 46.2 Å². The van der Waals surface area contributed by atoms with Crippen LogP contribution < -0.4 is 5.46 Å². The molecule has 2 heterocycles. The van der Waals surface area contributed by atoms with Crippen molar-refractivity contribution in [3.8, 4) is 0 Å². The molecule has 23 heavy (non-hydrogen) atoms. The molecule has 0 bridgehead atoms. The van der Waals surface area contributed by atoms with Crippen molar-refractivity contribution < 1.29 is 9.31 Å². The average molecular weight is 333 g/mol. The van der Waals surface area contributed by atoms with Crippen molar-refractivity contribution in [3.05, 3.63) is 47.2 Å². The summed E-state index contributed by atoms with van der Waals surface area (Å²) in [5.74, 6) is 0. The highest BCUT2D eigenvalue weighted by Crippen LogP contribution is 2.36. The van der Waals surface area contributed by atoms with Gasteiger partial charge in [-0.1, -0.05) is 29.8 Å². The fraction of sp³-hybridized carbons (Fsp3) is 0.471. The Morgan fingerprint density at radius 2 is 1.74 bits per heavy atom. The molecule has 4 nitrogen and oxygen atoms in total. The molecule has 0 radical (unpaired) electrons. The fourth-order valence-corrected chi connectivity index (χ4v) is 2.92. The minimum Gasteiger partial charge on any atom is -0.399 e. The van der Waals surface area contributed by atoms with Crippen LogP contribution in [-0.4, -0.2) is 28.1 Å². The van der Waals surface area contributed by atoms with Crippen molar-refractivity contribution in [2.45, 2.75) is 51.9 Å². The lowest BCUT2D eigenvalue weighted by Crippen LogP contribution is -2.41. The third-order valence-electron chi connectivity index (χ3n) is 4.90. The number of aromatic nitrogens is 2. The number of hydrogen-bond donors (Lipinski definition) is 0. The Balaban J connectivity index is 1.83. The third-order valence-corrected chi connectivity index (χ3v) is 5.24. The molecule has 0 unspecified atom stereocenters. The van der Waals surface area contributed by atoms with Crippen molar-refractivity contribution in [2.75, 3.05) is 0 Å². The number of benzene rings is 1. The summed E-state index contributed by atoms with van der Waals surface area (Å²) in [6.45, 7) is 10.3. The van der Waals surface area contributed by atoms with Crippen LogP contribution >= 0.6 is 11.6 Å². The summed E-state index contributed by atoms with van der Waals surface area (Å²) in [6, 6.07) is 7.86. The molecule has 0 N–H and O–H groups in total. The van der Waals surface area contributed by atoms with Crippen LogP contribution in [0.2, 0.25) is 5.02 Å². The molecule has 3 rings (SSSR count). The molecule has 122 valence electrons. The molecule has 0 aliphatic carbocycles. The molecule has 0 saturated carbocycles. The van der Waals surface area contributed by atoms with Gasteiger partial charge in [-0.2, -0.15) is 5.10 Å². The van der Waals surface area contributed by atoms with E-state index in [0.29, 0.717) is 0 Å². The van der Waals surface area contributed by atoms with Crippen molar-refractivity contribution in [3.63, 3.8) is 0 Å². The van der Waals surface area contributed by atoms with Crippen molar-refractivity contribution in [1.82, 2.24) is 9.78 Å². The first-order valence-electron chi connectivity index (χ1n) is 7.85. The molecule has 2 aromatic rings. The van der Waals surface area contributed by atoms with Crippen LogP contribution in [0.25, 0.3) is 0 Å². The second-order valence-corrected chi connectivity index (χ2v) is 7.45. The Morgan fingerprint density at radius 1 is 1.13 bits per heavy atom. The summed E-state index contributed by atoms with van der Waals surface area (Å²) in [5, 5.41) is 5.21. The predicted octanol–water partition coefficient (Wildman–Crippen LogP) is 3.45. The fourth-order valence-electron chi connectivity index (χ4n) is 2.62. The Labute approximate surface area is 142 Å². The SMILES string of the molecule is C[C@H](c1ccccc1Cl)n1cc(B2OC(C)(C)C(C)(C)O2)cn1. The second kappa shape index (κ2) is 5.65. The monoisotopic (exact) mass is 332 g/mol. The average Bonchev–Trinajstić information content (AvgIpc) is 3.02. The summed E-state index contributed by atoms with van der Waals surface area (Å²) in [6.07, 6.45) is 3.77. The molecule has 1 aromatic carbocycles. The molecular weight excluding hydrogens is 310 g/mol. The van der Waals surface area contributed by atoms with Gasteiger partial charge in [0, 0.05) is 22.9 Å². The second-order valence-electron chi connectivity index (χ2n) is 7.04. The highest BCUT2D eigenvalue weighted by molar-refractivity contribution is 6.62. The van der Waals surface area contributed by atoms with Gasteiger partial charge in [0.25, 0.3) is 0 Å². The molecule has 6 heteroatoms. The van der Waals surface area contributed by atoms with E-state index in [2.05, 4.69) is 12.0 Å². The zero-order valence-electron chi connectivity index (χ0n) is 14.2. The highest BCUT2D eigenvalue weighted by Gasteiger charge is 2.52. The Bertz CT molecular complexity index is 698. The molecule has 0 spiro atoms. The zero-order valence-corrected chi connectivity index (χ0v) is 15.0. The quantitative estimate of drug-likeness (QED) is 0.808. The third kappa shape index (κ3) is 2.93. The lowest BCUT2D eigenvalue weighted by molar-refractivity contribution is 0.00578. The minimum atomic E-state index is -0.396. The lowest BCUT2D eigenvalue weighted by atomic mass is 9.82. The van der Waals surface area contributed by atoms with Crippen LogP contribution in [0.15, 0.2) is 36.7 Å². The van der Waals surface area contributed by atoms with Crippen molar-refractivity contribution in [2.24, 2.45) is 0 Å². The maximum Gasteiger partial charge on any atom is 0.498 e. The van der Waals surface area contributed by atoms with E-state index in [1.807, 2.05) is 62.8 Å². The smallest absolute Gasteiger partial charge is 0.399 e. The first-order valence-corrected chi connectivity index (χ1v) is 8.23. The Kier molecular flexibility index (Phi) is 4.07. The Morgan fingerprint density at radius 3 is 2.35 bits per heavy atom. The van der Waals surface area contributed by atoms with E-state index in [0.717, 1.165) is 16.0 Å². The minimum absolute atomic E-state index is 0.0415. The van der Waals surface area contributed by atoms with E-state index >= 15 is 0 Å². The van der Waals surface area contributed by atoms with Crippen LogP contribution in [0.4, 0.5) is 0 Å². The van der Waals surface area contributed by atoms with Gasteiger partial charge in [0.1, 0.15) is 0 Å². The van der Waals surface area contributed by atoms with Crippen LogP contribution in [0.5, 0.6) is 0 Å². The molecule has 1 fully saturated rings. The normalized spacial score (nSPS) is 20.7. The number of rotatable bonds is 3. The molecule has 1 saturated heterocycles. The highest BCUT2D eigenvalue weighted by atomic mass is 35.5. The molecule has 1 aliphatic heterocycles. The van der Waals surface area contributed by atoms with Gasteiger partial charge in [0.2, 0.25) is 0 Å². The van der Waals surface area contributed by atoms with Gasteiger partial charge >= 0.3 is 7.12 Å². The summed E-state index contributed by atoms with van der Waals surface area (Å²) in [5.41, 5.74) is 1.25. The predicted molar refractivity (Wildman–Crippen MR) is 93.2 cm³/mol. The van der Waals surface area contributed by atoms with Gasteiger partial charge in [-0.05, 0) is 46.2 Å². The first-order chi connectivity index (χ1) is 10.7. The zero-order chi connectivity index (χ0) is 16.8. The number of halogens is 1. The molecule has 1 aliphatic rings. The van der Waals surface area contributed by atoms with E-state index < -0.39 is 7.12 Å². The summed E-state index contributed by atoms with van der Waals surface area (Å²) < 4.78 is 14.0.